The predicted molar refractivity (Wildman–Crippen MR) is 97.5 cm³/mol. The van der Waals surface area contributed by atoms with Gasteiger partial charge in [0.05, 0.1) is 6.54 Å². The average molecular weight is 388 g/mol. The molecule has 1 atom stereocenters. The zero-order valence-corrected chi connectivity index (χ0v) is 15.4. The molecule has 0 aliphatic heterocycles. The highest BCUT2D eigenvalue weighted by atomic mass is 79.9. The number of thiophene rings is 1. The van der Waals surface area contributed by atoms with E-state index < -0.39 is 0 Å². The lowest BCUT2D eigenvalue weighted by molar-refractivity contribution is 0.645. The van der Waals surface area contributed by atoms with Gasteiger partial charge in [0.1, 0.15) is 0 Å². The molecule has 2 rings (SSSR count). The Morgan fingerprint density at radius 1 is 1.43 bits per heavy atom. The number of hydrogen-bond acceptors (Lipinski definition) is 3. The van der Waals surface area contributed by atoms with E-state index in [0.717, 1.165) is 40.1 Å². The van der Waals surface area contributed by atoms with E-state index in [1.165, 1.54) is 4.88 Å². The summed E-state index contributed by atoms with van der Waals surface area (Å²) in [7, 11) is 2.10. The first-order valence-electron chi connectivity index (χ1n) is 6.98. The number of anilines is 1. The molecular formula is C16H20BrClN2S. The van der Waals surface area contributed by atoms with Crippen LogP contribution in [0.3, 0.4) is 0 Å². The minimum atomic E-state index is 0.146. The third-order valence-electron chi connectivity index (χ3n) is 3.51. The minimum Gasteiger partial charge on any atom is -0.369 e. The van der Waals surface area contributed by atoms with Crippen LogP contribution in [-0.4, -0.2) is 13.1 Å². The molecule has 21 heavy (non-hydrogen) atoms. The highest BCUT2D eigenvalue weighted by Crippen LogP contribution is 2.30. The van der Waals surface area contributed by atoms with E-state index in [9.17, 15) is 0 Å². The fourth-order valence-corrected chi connectivity index (χ4v) is 4.02. The lowest BCUT2D eigenvalue weighted by Crippen LogP contribution is -2.24. The molecule has 2 nitrogen and oxygen atoms in total. The Kier molecular flexibility index (Phi) is 6.11. The Morgan fingerprint density at radius 3 is 2.81 bits per heavy atom. The third kappa shape index (κ3) is 4.46. The summed E-state index contributed by atoms with van der Waals surface area (Å²) in [4.78, 5) is 3.55. The van der Waals surface area contributed by atoms with Crippen molar-refractivity contribution in [2.24, 2.45) is 5.73 Å². The zero-order valence-electron chi connectivity index (χ0n) is 12.3. The van der Waals surface area contributed by atoms with Crippen molar-refractivity contribution in [1.82, 2.24) is 0 Å². The van der Waals surface area contributed by atoms with Gasteiger partial charge in [-0.25, -0.2) is 0 Å². The molecule has 0 aliphatic carbocycles. The molecule has 0 bridgehead atoms. The van der Waals surface area contributed by atoms with Crippen LogP contribution in [-0.2, 0) is 13.0 Å². The molecule has 2 N–H and O–H groups in total. The monoisotopic (exact) mass is 386 g/mol. The third-order valence-corrected chi connectivity index (χ3v) is 5.55. The Labute approximate surface area is 144 Å². The Bertz CT molecular complexity index is 600. The lowest BCUT2D eigenvalue weighted by Gasteiger charge is -2.24. The number of rotatable bonds is 6. The van der Waals surface area contributed by atoms with Crippen LogP contribution in [0.15, 0.2) is 34.1 Å². The number of benzene rings is 1. The van der Waals surface area contributed by atoms with Crippen LogP contribution in [0.1, 0.15) is 23.8 Å². The summed E-state index contributed by atoms with van der Waals surface area (Å²) >= 11 is 11.7. The molecule has 0 radical (unpaired) electrons. The van der Waals surface area contributed by atoms with Crippen LogP contribution >= 0.6 is 38.9 Å². The van der Waals surface area contributed by atoms with Gasteiger partial charge in [0, 0.05) is 38.5 Å². The van der Waals surface area contributed by atoms with Crippen molar-refractivity contribution in [2.75, 3.05) is 11.9 Å². The minimum absolute atomic E-state index is 0.146. The fourth-order valence-electron chi connectivity index (χ4n) is 2.27. The molecule has 5 heteroatoms. The first-order valence-corrected chi connectivity index (χ1v) is 9.03. The molecule has 0 fully saturated rings. The maximum Gasteiger partial charge on any atom is 0.0520 e. The van der Waals surface area contributed by atoms with Gasteiger partial charge < -0.3 is 10.6 Å². The maximum absolute atomic E-state index is 6.39. The van der Waals surface area contributed by atoms with Gasteiger partial charge in [-0.1, -0.05) is 24.6 Å². The molecule has 1 unspecified atom stereocenters. The van der Waals surface area contributed by atoms with Crippen molar-refractivity contribution in [1.29, 1.82) is 0 Å². The molecule has 0 saturated carbocycles. The Balaban J connectivity index is 2.23. The second-order valence-corrected chi connectivity index (χ2v) is 7.52. The van der Waals surface area contributed by atoms with E-state index >= 15 is 0 Å². The van der Waals surface area contributed by atoms with E-state index in [-0.39, 0.29) is 6.04 Å². The fraction of sp³-hybridized carbons (Fsp3) is 0.375. The summed E-state index contributed by atoms with van der Waals surface area (Å²) in [6.07, 6.45) is 1.76. The molecule has 1 aromatic carbocycles. The van der Waals surface area contributed by atoms with Gasteiger partial charge in [0.15, 0.2) is 0 Å². The van der Waals surface area contributed by atoms with E-state index in [2.05, 4.69) is 52.3 Å². The predicted octanol–water partition coefficient (Wildman–Crippen LogP) is 5.08. The van der Waals surface area contributed by atoms with Crippen molar-refractivity contribution in [3.8, 4) is 0 Å². The number of nitrogens with zero attached hydrogens (tertiary/aromatic N) is 1. The van der Waals surface area contributed by atoms with Gasteiger partial charge in [0.25, 0.3) is 0 Å². The van der Waals surface area contributed by atoms with Crippen molar-refractivity contribution in [3.05, 3.63) is 49.6 Å². The summed E-state index contributed by atoms with van der Waals surface area (Å²) in [5, 5.41) is 2.91. The maximum atomic E-state index is 6.39. The topological polar surface area (TPSA) is 29.3 Å². The summed E-state index contributed by atoms with van der Waals surface area (Å²) in [6.45, 7) is 2.97. The first-order chi connectivity index (χ1) is 10.0. The number of halogens is 2. The molecule has 1 aromatic heterocycles. The highest BCUT2D eigenvalue weighted by molar-refractivity contribution is 9.10. The van der Waals surface area contributed by atoms with E-state index in [1.807, 2.05) is 12.1 Å². The quantitative estimate of drug-likeness (QED) is 0.749. The number of hydrogen-bond donors (Lipinski definition) is 1. The van der Waals surface area contributed by atoms with Crippen molar-refractivity contribution < 1.29 is 0 Å². The molecule has 1 heterocycles. The molecule has 0 aliphatic rings. The first kappa shape index (κ1) is 16.8. The Hall–Kier alpha value is -0.550. The largest absolute Gasteiger partial charge is 0.369 e. The van der Waals surface area contributed by atoms with Gasteiger partial charge in [-0.05, 0) is 52.5 Å². The normalized spacial score (nSPS) is 12.4. The second kappa shape index (κ2) is 7.63. The van der Waals surface area contributed by atoms with Crippen LogP contribution in [0, 0.1) is 0 Å². The van der Waals surface area contributed by atoms with Crippen LogP contribution in [0.25, 0.3) is 0 Å². The van der Waals surface area contributed by atoms with Crippen LogP contribution < -0.4 is 10.6 Å². The van der Waals surface area contributed by atoms with Crippen molar-refractivity contribution in [3.63, 3.8) is 0 Å². The molecule has 2 aromatic rings. The van der Waals surface area contributed by atoms with Gasteiger partial charge in [-0.15, -0.1) is 11.3 Å². The van der Waals surface area contributed by atoms with Crippen LogP contribution in [0.4, 0.5) is 5.69 Å². The molecule has 0 saturated heterocycles. The van der Waals surface area contributed by atoms with E-state index in [1.54, 1.807) is 11.3 Å². The van der Waals surface area contributed by atoms with E-state index in [0.29, 0.717) is 0 Å². The van der Waals surface area contributed by atoms with Crippen LogP contribution in [0.5, 0.6) is 0 Å². The summed E-state index contributed by atoms with van der Waals surface area (Å²) in [5.41, 5.74) is 8.43. The lowest BCUT2D eigenvalue weighted by atomic mass is 10.0. The van der Waals surface area contributed by atoms with Gasteiger partial charge in [-0.2, -0.15) is 0 Å². The zero-order chi connectivity index (χ0) is 15.4. The van der Waals surface area contributed by atoms with Gasteiger partial charge in [0.2, 0.25) is 0 Å². The van der Waals surface area contributed by atoms with Crippen molar-refractivity contribution >= 4 is 44.6 Å². The second-order valence-electron chi connectivity index (χ2n) is 5.20. The summed E-state index contributed by atoms with van der Waals surface area (Å²) in [6, 6.07) is 8.36. The summed E-state index contributed by atoms with van der Waals surface area (Å²) < 4.78 is 1.13. The van der Waals surface area contributed by atoms with Gasteiger partial charge >= 0.3 is 0 Å². The average Bonchev–Trinajstić information content (AvgIpc) is 2.86. The summed E-state index contributed by atoms with van der Waals surface area (Å²) in [5.74, 6) is 0. The molecular weight excluding hydrogens is 368 g/mol. The van der Waals surface area contributed by atoms with Crippen LogP contribution in [0.2, 0.25) is 5.02 Å². The SMILES string of the molecule is CCC(N)Cc1c(Cl)cccc1N(C)Cc1cc(Br)cs1. The van der Waals surface area contributed by atoms with Gasteiger partial charge in [-0.3, -0.25) is 0 Å². The van der Waals surface area contributed by atoms with E-state index in [4.69, 9.17) is 17.3 Å². The number of nitrogens with two attached hydrogens (primary N) is 1. The molecule has 0 spiro atoms. The van der Waals surface area contributed by atoms with Crippen molar-refractivity contribution in [2.45, 2.75) is 32.4 Å². The molecule has 114 valence electrons. The molecule has 0 amide bonds. The standard InChI is InChI=1S/C16H20BrClN2S/c1-3-12(19)8-14-15(18)5-4-6-16(14)20(2)9-13-7-11(17)10-21-13/h4-7,10,12H,3,8-9,19H2,1-2H3. The highest BCUT2D eigenvalue weighted by Gasteiger charge is 2.14. The Morgan fingerprint density at radius 2 is 2.19 bits per heavy atom. The smallest absolute Gasteiger partial charge is 0.0520 e.